The lowest BCUT2D eigenvalue weighted by atomic mass is 10.1. The van der Waals surface area contributed by atoms with E-state index in [-0.39, 0.29) is 0 Å². The van der Waals surface area contributed by atoms with Crippen LogP contribution in [0.25, 0.3) is 0 Å². The van der Waals surface area contributed by atoms with Crippen LogP contribution >= 0.6 is 0 Å². The standard InChI is InChI=1S/C29H30N2O4S/c1-22-28(30-36(3,32)33)13-8-14-29(22)31(20-23-9-5-4-6-10-23)21-24-15-17-25(18-16-24)35-27-12-7-11-26(19-27)34-2/h4-19,30H,20-21H2,1-3H3. The summed E-state index contributed by atoms with van der Waals surface area (Å²) in [6.07, 6.45) is 1.16. The summed E-state index contributed by atoms with van der Waals surface area (Å²) in [6, 6.07) is 31.4. The van der Waals surface area contributed by atoms with E-state index in [2.05, 4.69) is 21.8 Å². The van der Waals surface area contributed by atoms with Gasteiger partial charge in [0.15, 0.2) is 0 Å². The molecule has 0 radical (unpaired) electrons. The lowest BCUT2D eigenvalue weighted by Crippen LogP contribution is -2.23. The highest BCUT2D eigenvalue weighted by Crippen LogP contribution is 2.31. The topological polar surface area (TPSA) is 67.9 Å². The average Bonchev–Trinajstić information content (AvgIpc) is 2.86. The zero-order valence-electron chi connectivity index (χ0n) is 20.6. The molecule has 186 valence electrons. The fraction of sp³-hybridized carbons (Fsp3) is 0.172. The quantitative estimate of drug-likeness (QED) is 0.273. The van der Waals surface area contributed by atoms with Crippen molar-refractivity contribution >= 4 is 21.4 Å². The minimum atomic E-state index is -3.39. The van der Waals surface area contributed by atoms with Gasteiger partial charge in [-0.2, -0.15) is 0 Å². The minimum absolute atomic E-state index is 0.579. The lowest BCUT2D eigenvalue weighted by molar-refractivity contribution is 0.409. The highest BCUT2D eigenvalue weighted by atomic mass is 32.2. The van der Waals surface area contributed by atoms with E-state index < -0.39 is 10.0 Å². The molecule has 0 aromatic heterocycles. The van der Waals surface area contributed by atoms with Gasteiger partial charge in [0.25, 0.3) is 0 Å². The molecule has 36 heavy (non-hydrogen) atoms. The Kier molecular flexibility index (Phi) is 7.80. The number of hydrogen-bond donors (Lipinski definition) is 1. The molecule has 0 heterocycles. The molecular formula is C29H30N2O4S. The average molecular weight is 503 g/mol. The first-order valence-corrected chi connectivity index (χ1v) is 13.5. The maximum Gasteiger partial charge on any atom is 0.229 e. The van der Waals surface area contributed by atoms with Gasteiger partial charge in [-0.25, -0.2) is 8.42 Å². The maximum absolute atomic E-state index is 11.9. The Labute approximate surface area is 213 Å². The van der Waals surface area contributed by atoms with Crippen LogP contribution in [0.15, 0.2) is 97.1 Å². The number of methoxy groups -OCH3 is 1. The van der Waals surface area contributed by atoms with E-state index in [0.717, 1.165) is 40.1 Å². The van der Waals surface area contributed by atoms with Crippen molar-refractivity contribution < 1.29 is 17.9 Å². The second kappa shape index (κ2) is 11.2. The van der Waals surface area contributed by atoms with Gasteiger partial charge in [-0.05, 0) is 60.0 Å². The summed E-state index contributed by atoms with van der Waals surface area (Å²) in [6.45, 7) is 3.25. The van der Waals surface area contributed by atoms with E-state index in [1.54, 1.807) is 13.2 Å². The van der Waals surface area contributed by atoms with Gasteiger partial charge in [-0.3, -0.25) is 4.72 Å². The number of ether oxygens (including phenoxy) is 2. The Morgan fingerprint density at radius 3 is 2.06 bits per heavy atom. The van der Waals surface area contributed by atoms with Crippen LogP contribution in [0.3, 0.4) is 0 Å². The summed E-state index contributed by atoms with van der Waals surface area (Å²) in [5, 5.41) is 0. The monoisotopic (exact) mass is 502 g/mol. The number of nitrogens with one attached hydrogen (secondary N) is 1. The van der Waals surface area contributed by atoms with Crippen LogP contribution in [0.2, 0.25) is 0 Å². The van der Waals surface area contributed by atoms with E-state index in [4.69, 9.17) is 9.47 Å². The van der Waals surface area contributed by atoms with Gasteiger partial charge in [0.05, 0.1) is 19.1 Å². The third-order valence-corrected chi connectivity index (χ3v) is 6.32. The van der Waals surface area contributed by atoms with E-state index >= 15 is 0 Å². The summed E-state index contributed by atoms with van der Waals surface area (Å²) in [5.74, 6) is 2.18. The van der Waals surface area contributed by atoms with Crippen molar-refractivity contribution in [3.8, 4) is 17.2 Å². The first-order valence-electron chi connectivity index (χ1n) is 11.6. The van der Waals surface area contributed by atoms with Gasteiger partial charge in [-0.1, -0.05) is 54.6 Å². The van der Waals surface area contributed by atoms with Gasteiger partial charge in [0, 0.05) is 24.8 Å². The second-order valence-electron chi connectivity index (χ2n) is 8.59. The molecule has 0 aliphatic carbocycles. The molecular weight excluding hydrogens is 472 g/mol. The number of sulfonamides is 1. The van der Waals surface area contributed by atoms with Crippen LogP contribution in [0.1, 0.15) is 16.7 Å². The van der Waals surface area contributed by atoms with Gasteiger partial charge in [0.2, 0.25) is 10.0 Å². The SMILES string of the molecule is COc1cccc(Oc2ccc(CN(Cc3ccccc3)c3cccc(NS(C)(=O)=O)c3C)cc2)c1. The molecule has 0 saturated heterocycles. The molecule has 0 fully saturated rings. The normalized spacial score (nSPS) is 11.1. The molecule has 7 heteroatoms. The van der Waals surface area contributed by atoms with E-state index in [0.29, 0.717) is 24.5 Å². The van der Waals surface area contributed by atoms with Crippen molar-refractivity contribution in [2.45, 2.75) is 20.0 Å². The minimum Gasteiger partial charge on any atom is -0.497 e. The fourth-order valence-electron chi connectivity index (χ4n) is 3.99. The van der Waals surface area contributed by atoms with Crippen molar-refractivity contribution in [3.63, 3.8) is 0 Å². The van der Waals surface area contributed by atoms with Crippen LogP contribution in [-0.4, -0.2) is 21.8 Å². The largest absolute Gasteiger partial charge is 0.497 e. The van der Waals surface area contributed by atoms with Crippen LogP contribution in [0.5, 0.6) is 17.2 Å². The smallest absolute Gasteiger partial charge is 0.229 e. The maximum atomic E-state index is 11.9. The molecule has 0 unspecified atom stereocenters. The molecule has 0 spiro atoms. The number of rotatable bonds is 10. The van der Waals surface area contributed by atoms with Gasteiger partial charge in [0.1, 0.15) is 17.2 Å². The van der Waals surface area contributed by atoms with Gasteiger partial charge in [-0.15, -0.1) is 0 Å². The molecule has 0 amide bonds. The Bertz CT molecular complexity index is 1410. The summed E-state index contributed by atoms with van der Waals surface area (Å²) in [5.41, 5.74) is 4.68. The van der Waals surface area contributed by atoms with Crippen molar-refractivity contribution in [2.24, 2.45) is 0 Å². The Hall–Kier alpha value is -3.97. The van der Waals surface area contributed by atoms with Crippen LogP contribution in [-0.2, 0) is 23.1 Å². The summed E-state index contributed by atoms with van der Waals surface area (Å²) in [7, 11) is -1.76. The highest BCUT2D eigenvalue weighted by molar-refractivity contribution is 7.92. The predicted molar refractivity (Wildman–Crippen MR) is 145 cm³/mol. The van der Waals surface area contributed by atoms with Gasteiger partial charge < -0.3 is 14.4 Å². The van der Waals surface area contributed by atoms with Crippen molar-refractivity contribution in [1.82, 2.24) is 0 Å². The summed E-state index contributed by atoms with van der Waals surface area (Å²) < 4.78 is 37.6. The summed E-state index contributed by atoms with van der Waals surface area (Å²) in [4.78, 5) is 2.25. The lowest BCUT2D eigenvalue weighted by Gasteiger charge is -2.28. The van der Waals surface area contributed by atoms with Crippen LogP contribution in [0, 0.1) is 6.92 Å². The van der Waals surface area contributed by atoms with E-state index in [1.165, 1.54) is 0 Å². The first-order chi connectivity index (χ1) is 17.3. The van der Waals surface area contributed by atoms with Crippen molar-refractivity contribution in [1.29, 1.82) is 0 Å². The molecule has 1 N–H and O–H groups in total. The number of anilines is 2. The van der Waals surface area contributed by atoms with Crippen molar-refractivity contribution in [3.05, 3.63) is 114 Å². The Morgan fingerprint density at radius 2 is 1.39 bits per heavy atom. The van der Waals surface area contributed by atoms with Crippen molar-refractivity contribution in [2.75, 3.05) is 23.0 Å². The molecule has 4 aromatic carbocycles. The number of nitrogens with zero attached hydrogens (tertiary/aromatic N) is 1. The third kappa shape index (κ3) is 6.79. The number of hydrogen-bond acceptors (Lipinski definition) is 5. The molecule has 0 aliphatic rings. The highest BCUT2D eigenvalue weighted by Gasteiger charge is 2.15. The van der Waals surface area contributed by atoms with Gasteiger partial charge >= 0.3 is 0 Å². The second-order valence-corrected chi connectivity index (χ2v) is 10.3. The van der Waals surface area contributed by atoms with E-state index in [9.17, 15) is 8.42 Å². The zero-order valence-corrected chi connectivity index (χ0v) is 21.5. The molecule has 0 aliphatic heterocycles. The molecule has 0 bridgehead atoms. The fourth-order valence-corrected chi connectivity index (χ4v) is 4.61. The first kappa shape index (κ1) is 25.1. The predicted octanol–water partition coefficient (Wildman–Crippen LogP) is 6.37. The number of benzene rings is 4. The Morgan fingerprint density at radius 1 is 0.750 bits per heavy atom. The molecule has 6 nitrogen and oxygen atoms in total. The molecule has 4 aromatic rings. The molecule has 4 rings (SSSR count). The zero-order chi connectivity index (χ0) is 25.5. The van der Waals surface area contributed by atoms with Crippen LogP contribution in [0.4, 0.5) is 11.4 Å². The summed E-state index contributed by atoms with van der Waals surface area (Å²) >= 11 is 0. The van der Waals surface area contributed by atoms with Crippen LogP contribution < -0.4 is 19.1 Å². The Balaban J connectivity index is 1.59. The molecule has 0 atom stereocenters. The van der Waals surface area contributed by atoms with E-state index in [1.807, 2.05) is 85.8 Å². The molecule has 0 saturated carbocycles. The third-order valence-electron chi connectivity index (χ3n) is 5.73.